The number of nitrogens with one attached hydrogen (secondary N) is 1. The second kappa shape index (κ2) is 7.50. The lowest BCUT2D eigenvalue weighted by Crippen LogP contribution is -2.02. The first-order chi connectivity index (χ1) is 13.9. The van der Waals surface area contributed by atoms with Crippen molar-refractivity contribution in [2.75, 3.05) is 7.11 Å². The molecule has 6 nitrogen and oxygen atoms in total. The van der Waals surface area contributed by atoms with Crippen molar-refractivity contribution in [3.8, 4) is 16.9 Å². The summed E-state index contributed by atoms with van der Waals surface area (Å²) in [5.41, 5.74) is 4.42. The van der Waals surface area contributed by atoms with Gasteiger partial charge >= 0.3 is 0 Å². The number of halogens is 2. The third-order valence-electron chi connectivity index (χ3n) is 5.14. The molecule has 1 aromatic carbocycles. The number of hydrogen-bond acceptors (Lipinski definition) is 4. The second-order valence-electron chi connectivity index (χ2n) is 6.88. The highest BCUT2D eigenvalue weighted by Gasteiger charge is 2.23. The summed E-state index contributed by atoms with van der Waals surface area (Å²) in [4.78, 5) is 7.67. The first-order valence-corrected chi connectivity index (χ1v) is 9.45. The molecular formula is C21H20ClFN4O2. The Morgan fingerprint density at radius 3 is 2.90 bits per heavy atom. The molecule has 0 bridgehead atoms. The maximum atomic E-state index is 14.1. The van der Waals surface area contributed by atoms with E-state index in [-0.39, 0.29) is 17.5 Å². The van der Waals surface area contributed by atoms with Crippen LogP contribution in [0, 0.1) is 5.82 Å². The molecule has 29 heavy (non-hydrogen) atoms. The SMILES string of the molecule is COc1ccc(F)c(Cl)c1[C@@H](C)c1c[nH]c2ncc(-c3cn(C)nc3CO)cc12. The molecule has 0 saturated heterocycles. The van der Waals surface area contributed by atoms with Crippen LogP contribution in [0.15, 0.2) is 36.8 Å². The molecule has 4 rings (SSSR count). The molecule has 0 saturated carbocycles. The highest BCUT2D eigenvalue weighted by molar-refractivity contribution is 6.31. The second-order valence-corrected chi connectivity index (χ2v) is 7.26. The van der Waals surface area contributed by atoms with Gasteiger partial charge in [-0.25, -0.2) is 9.37 Å². The van der Waals surface area contributed by atoms with Crippen molar-refractivity contribution in [3.63, 3.8) is 0 Å². The van der Waals surface area contributed by atoms with Gasteiger partial charge in [0.05, 0.1) is 24.4 Å². The Bertz CT molecular complexity index is 1200. The molecule has 0 aliphatic rings. The van der Waals surface area contributed by atoms with Gasteiger partial charge in [-0.3, -0.25) is 4.68 Å². The predicted molar refractivity (Wildman–Crippen MR) is 110 cm³/mol. The van der Waals surface area contributed by atoms with Crippen molar-refractivity contribution in [1.29, 1.82) is 0 Å². The molecule has 4 aromatic rings. The summed E-state index contributed by atoms with van der Waals surface area (Å²) in [6, 6.07) is 4.86. The zero-order valence-corrected chi connectivity index (χ0v) is 17.0. The Labute approximate surface area is 171 Å². The summed E-state index contributed by atoms with van der Waals surface area (Å²) in [5, 5.41) is 14.8. The molecule has 150 valence electrons. The molecule has 0 spiro atoms. The largest absolute Gasteiger partial charge is 0.496 e. The Morgan fingerprint density at radius 2 is 2.17 bits per heavy atom. The third-order valence-corrected chi connectivity index (χ3v) is 5.53. The van der Waals surface area contributed by atoms with Crippen LogP contribution in [-0.2, 0) is 13.7 Å². The van der Waals surface area contributed by atoms with Gasteiger partial charge in [-0.2, -0.15) is 5.10 Å². The van der Waals surface area contributed by atoms with Gasteiger partial charge in [0.1, 0.15) is 17.2 Å². The first-order valence-electron chi connectivity index (χ1n) is 9.07. The topological polar surface area (TPSA) is 76.0 Å². The lowest BCUT2D eigenvalue weighted by molar-refractivity contribution is 0.276. The summed E-state index contributed by atoms with van der Waals surface area (Å²) < 4.78 is 21.2. The summed E-state index contributed by atoms with van der Waals surface area (Å²) in [7, 11) is 3.34. The summed E-state index contributed by atoms with van der Waals surface area (Å²) in [5.74, 6) is -0.210. The molecule has 0 fully saturated rings. The van der Waals surface area contributed by atoms with Crippen LogP contribution in [0.2, 0.25) is 5.02 Å². The fourth-order valence-electron chi connectivity index (χ4n) is 3.71. The Balaban J connectivity index is 1.87. The van der Waals surface area contributed by atoms with Crippen LogP contribution < -0.4 is 4.74 Å². The zero-order chi connectivity index (χ0) is 20.7. The highest BCUT2D eigenvalue weighted by Crippen LogP contribution is 2.41. The molecule has 0 aliphatic heterocycles. The smallest absolute Gasteiger partial charge is 0.142 e. The van der Waals surface area contributed by atoms with Crippen molar-refractivity contribution in [2.24, 2.45) is 7.05 Å². The number of H-pyrrole nitrogens is 1. The van der Waals surface area contributed by atoms with Crippen LogP contribution in [0.4, 0.5) is 4.39 Å². The number of aromatic nitrogens is 4. The average Bonchev–Trinajstić information content (AvgIpc) is 3.31. The van der Waals surface area contributed by atoms with E-state index < -0.39 is 5.82 Å². The molecule has 1 atom stereocenters. The van der Waals surface area contributed by atoms with E-state index in [9.17, 15) is 9.50 Å². The van der Waals surface area contributed by atoms with E-state index >= 15 is 0 Å². The van der Waals surface area contributed by atoms with Gasteiger partial charge in [0.15, 0.2) is 0 Å². The number of fused-ring (bicyclic) bond motifs is 1. The lowest BCUT2D eigenvalue weighted by Gasteiger charge is -2.17. The molecule has 0 amide bonds. The van der Waals surface area contributed by atoms with E-state index in [1.165, 1.54) is 13.2 Å². The number of nitrogens with zero attached hydrogens (tertiary/aromatic N) is 3. The van der Waals surface area contributed by atoms with Crippen LogP contribution in [0.1, 0.15) is 29.7 Å². The number of rotatable bonds is 5. The van der Waals surface area contributed by atoms with Crippen molar-refractivity contribution in [1.82, 2.24) is 19.7 Å². The Morgan fingerprint density at radius 1 is 1.38 bits per heavy atom. The van der Waals surface area contributed by atoms with Crippen molar-refractivity contribution < 1.29 is 14.2 Å². The maximum Gasteiger partial charge on any atom is 0.142 e. The molecule has 0 aliphatic carbocycles. The number of hydrogen-bond donors (Lipinski definition) is 2. The quantitative estimate of drug-likeness (QED) is 0.507. The number of aliphatic hydroxyl groups excluding tert-OH is 1. The molecule has 3 heterocycles. The number of aliphatic hydroxyl groups is 1. The van der Waals surface area contributed by atoms with Crippen molar-refractivity contribution in [3.05, 3.63) is 64.5 Å². The Hall–Kier alpha value is -2.90. The van der Waals surface area contributed by atoms with Crippen LogP contribution in [0.25, 0.3) is 22.2 Å². The standard InChI is InChI=1S/C21H20ClFN4O2/c1-11(19-18(29-3)5-4-16(23)20(19)22)14-8-25-21-13(14)6-12(7-24-21)15-9-27(2)26-17(15)10-28/h4-9,11,28H,10H2,1-3H3,(H,24,25)/t11-/m0/s1. The molecule has 8 heteroatoms. The van der Waals surface area contributed by atoms with E-state index in [0.29, 0.717) is 22.7 Å². The van der Waals surface area contributed by atoms with E-state index in [2.05, 4.69) is 15.1 Å². The normalized spacial score (nSPS) is 12.5. The predicted octanol–water partition coefficient (Wildman–Crippen LogP) is 4.41. The van der Waals surface area contributed by atoms with Gasteiger partial charge in [-0.15, -0.1) is 0 Å². The minimum Gasteiger partial charge on any atom is -0.496 e. The van der Waals surface area contributed by atoms with E-state index in [0.717, 1.165) is 22.1 Å². The van der Waals surface area contributed by atoms with Crippen LogP contribution in [-0.4, -0.2) is 32.0 Å². The van der Waals surface area contributed by atoms with Gasteiger partial charge < -0.3 is 14.8 Å². The van der Waals surface area contributed by atoms with Gasteiger partial charge in [0, 0.05) is 53.6 Å². The van der Waals surface area contributed by atoms with Gasteiger partial charge in [0.25, 0.3) is 0 Å². The molecule has 0 radical (unpaired) electrons. The Kier molecular flexibility index (Phi) is 5.02. The fourth-order valence-corrected chi connectivity index (χ4v) is 4.03. The average molecular weight is 415 g/mol. The summed E-state index contributed by atoms with van der Waals surface area (Å²) >= 11 is 6.29. The summed E-state index contributed by atoms with van der Waals surface area (Å²) in [6.45, 7) is 1.78. The molecule has 2 N–H and O–H groups in total. The van der Waals surface area contributed by atoms with Crippen LogP contribution >= 0.6 is 11.6 Å². The number of pyridine rings is 1. The number of ether oxygens (including phenoxy) is 1. The number of methoxy groups -OCH3 is 1. The zero-order valence-electron chi connectivity index (χ0n) is 16.2. The minimum atomic E-state index is -0.490. The van der Waals surface area contributed by atoms with Gasteiger partial charge in [0.2, 0.25) is 0 Å². The first kappa shape index (κ1) is 19.4. The van der Waals surface area contributed by atoms with E-state index in [1.54, 1.807) is 24.0 Å². The van der Waals surface area contributed by atoms with Crippen molar-refractivity contribution >= 4 is 22.6 Å². The molecule has 3 aromatic heterocycles. The van der Waals surface area contributed by atoms with E-state index in [1.807, 2.05) is 25.4 Å². The lowest BCUT2D eigenvalue weighted by atomic mass is 9.91. The molecular weight excluding hydrogens is 395 g/mol. The van der Waals surface area contributed by atoms with Gasteiger partial charge in [-0.1, -0.05) is 18.5 Å². The fraction of sp³-hybridized carbons (Fsp3) is 0.238. The van der Waals surface area contributed by atoms with Crippen LogP contribution in [0.5, 0.6) is 5.75 Å². The van der Waals surface area contributed by atoms with Gasteiger partial charge in [-0.05, 0) is 23.8 Å². The maximum absolute atomic E-state index is 14.1. The monoisotopic (exact) mass is 414 g/mol. The summed E-state index contributed by atoms with van der Waals surface area (Å²) in [6.07, 6.45) is 5.43. The number of aromatic amines is 1. The minimum absolute atomic E-state index is 0.0464. The number of aryl methyl sites for hydroxylation is 1. The van der Waals surface area contributed by atoms with Crippen molar-refractivity contribution in [2.45, 2.75) is 19.4 Å². The highest BCUT2D eigenvalue weighted by atomic mass is 35.5. The third kappa shape index (κ3) is 3.26. The van der Waals surface area contributed by atoms with E-state index in [4.69, 9.17) is 16.3 Å². The van der Waals surface area contributed by atoms with Crippen LogP contribution in [0.3, 0.4) is 0 Å². The number of benzene rings is 1. The molecule has 0 unspecified atom stereocenters.